The van der Waals surface area contributed by atoms with Gasteiger partial charge in [0.1, 0.15) is 0 Å². The van der Waals surface area contributed by atoms with Crippen LogP contribution in [0.2, 0.25) is 0 Å². The van der Waals surface area contributed by atoms with Crippen molar-refractivity contribution in [2.45, 2.75) is 6.54 Å². The summed E-state index contributed by atoms with van der Waals surface area (Å²) in [4.78, 5) is 16.7. The Morgan fingerprint density at radius 3 is 2.66 bits per heavy atom. The maximum atomic E-state index is 4.79. The Morgan fingerprint density at radius 1 is 0.931 bits per heavy atom. The van der Waals surface area contributed by atoms with Crippen molar-refractivity contribution in [1.82, 2.24) is 19.5 Å². The molecular weight excluding hydrogens is 358 g/mol. The molecule has 5 nitrogen and oxygen atoms in total. The van der Waals surface area contributed by atoms with Gasteiger partial charge in [0, 0.05) is 12.1 Å². The number of aromatic nitrogens is 4. The monoisotopic (exact) mass is 377 g/mol. The van der Waals surface area contributed by atoms with Crippen LogP contribution in [0.25, 0.3) is 22.3 Å². The summed E-state index contributed by atoms with van der Waals surface area (Å²) in [6.45, 7) is 0.747. The molecule has 0 aliphatic heterocycles. The molecule has 5 rings (SSSR count). The molecule has 29 heavy (non-hydrogen) atoms. The summed E-state index contributed by atoms with van der Waals surface area (Å²) < 4.78 is 2.20. The van der Waals surface area contributed by atoms with Crippen LogP contribution in [0.4, 0.5) is 5.69 Å². The fraction of sp³-hybridized carbons (Fsp3) is 0.0417. The molecule has 3 aromatic carbocycles. The first-order valence-corrected chi connectivity index (χ1v) is 9.49. The summed E-state index contributed by atoms with van der Waals surface area (Å²) in [5.74, 6) is 0.835. The summed E-state index contributed by atoms with van der Waals surface area (Å²) in [6.07, 6.45) is 5.33. The fourth-order valence-electron chi connectivity index (χ4n) is 3.42. The Hall–Kier alpha value is -3.99. The molecule has 0 saturated carbocycles. The van der Waals surface area contributed by atoms with Crippen molar-refractivity contribution in [3.05, 3.63) is 103 Å². The molecule has 0 bridgehead atoms. The molecule has 0 aliphatic carbocycles. The average Bonchev–Trinajstić information content (AvgIpc) is 3.42. The Balaban J connectivity index is 1.52. The summed E-state index contributed by atoms with van der Waals surface area (Å²) in [5.41, 5.74) is 6.19. The Bertz CT molecular complexity index is 1270. The lowest BCUT2D eigenvalue weighted by atomic mass is 10.1. The van der Waals surface area contributed by atoms with Crippen LogP contribution >= 0.6 is 0 Å². The van der Waals surface area contributed by atoms with E-state index < -0.39 is 0 Å². The molecule has 0 saturated heterocycles. The number of fused-ring (bicyclic) bond motifs is 1. The van der Waals surface area contributed by atoms with Crippen LogP contribution < -0.4 is 0 Å². The van der Waals surface area contributed by atoms with Crippen molar-refractivity contribution in [2.75, 3.05) is 0 Å². The molecule has 0 spiro atoms. The van der Waals surface area contributed by atoms with Crippen molar-refractivity contribution >= 4 is 22.9 Å². The van der Waals surface area contributed by atoms with Gasteiger partial charge in [-0.05, 0) is 29.8 Å². The topological polar surface area (TPSA) is 58.9 Å². The van der Waals surface area contributed by atoms with Gasteiger partial charge in [-0.25, -0.2) is 9.97 Å². The van der Waals surface area contributed by atoms with E-state index in [0.29, 0.717) is 0 Å². The highest BCUT2D eigenvalue weighted by Gasteiger charge is 2.09. The fourth-order valence-corrected chi connectivity index (χ4v) is 3.42. The third kappa shape index (κ3) is 3.58. The number of nitrogens with one attached hydrogen (secondary N) is 1. The number of imidazole rings is 2. The van der Waals surface area contributed by atoms with Crippen LogP contribution in [0.3, 0.4) is 0 Å². The van der Waals surface area contributed by atoms with E-state index in [4.69, 9.17) is 9.98 Å². The minimum atomic E-state index is 0.747. The molecule has 0 unspecified atom stereocenters. The summed E-state index contributed by atoms with van der Waals surface area (Å²) >= 11 is 0. The standard InChI is InChI=1S/C24H19N5/c1-2-7-18(8-3-1)16-29-23-12-5-4-11-21(23)28-24(29)15-26-20-10-6-9-19(13-20)22-14-25-17-27-22/h1-15,17H,16H2,(H,25,27). The summed E-state index contributed by atoms with van der Waals surface area (Å²) in [6, 6.07) is 26.7. The number of para-hydroxylation sites is 2. The molecule has 0 aliphatic rings. The van der Waals surface area contributed by atoms with Crippen molar-refractivity contribution < 1.29 is 0 Å². The predicted molar refractivity (Wildman–Crippen MR) is 117 cm³/mol. The Morgan fingerprint density at radius 2 is 1.79 bits per heavy atom. The minimum absolute atomic E-state index is 0.747. The first kappa shape index (κ1) is 17.1. The van der Waals surface area contributed by atoms with Crippen molar-refractivity contribution in [3.8, 4) is 11.3 Å². The average molecular weight is 377 g/mol. The van der Waals surface area contributed by atoms with E-state index >= 15 is 0 Å². The first-order valence-electron chi connectivity index (χ1n) is 9.49. The molecule has 0 atom stereocenters. The van der Waals surface area contributed by atoms with Crippen LogP contribution in [0.1, 0.15) is 11.4 Å². The van der Waals surface area contributed by atoms with Gasteiger partial charge in [-0.3, -0.25) is 4.99 Å². The van der Waals surface area contributed by atoms with E-state index in [9.17, 15) is 0 Å². The van der Waals surface area contributed by atoms with Gasteiger partial charge in [0.2, 0.25) is 0 Å². The van der Waals surface area contributed by atoms with Gasteiger partial charge in [-0.2, -0.15) is 0 Å². The zero-order chi connectivity index (χ0) is 19.5. The Kier molecular flexibility index (Phi) is 4.47. The number of rotatable bonds is 5. The number of H-pyrrole nitrogens is 1. The van der Waals surface area contributed by atoms with Crippen LogP contribution in [-0.2, 0) is 6.54 Å². The maximum Gasteiger partial charge on any atom is 0.152 e. The molecule has 140 valence electrons. The van der Waals surface area contributed by atoms with E-state index in [1.807, 2.05) is 60.9 Å². The largest absolute Gasteiger partial charge is 0.345 e. The predicted octanol–water partition coefficient (Wildman–Crippen LogP) is 5.23. The smallest absolute Gasteiger partial charge is 0.152 e. The highest BCUT2D eigenvalue weighted by molar-refractivity contribution is 5.86. The van der Waals surface area contributed by atoms with Crippen molar-refractivity contribution in [2.24, 2.45) is 4.99 Å². The quantitative estimate of drug-likeness (QED) is 0.427. The Labute approximate surface area is 168 Å². The summed E-state index contributed by atoms with van der Waals surface area (Å²) in [7, 11) is 0. The molecule has 5 heteroatoms. The second kappa shape index (κ2) is 7.56. The van der Waals surface area contributed by atoms with E-state index in [0.717, 1.165) is 40.3 Å². The summed E-state index contributed by atoms with van der Waals surface area (Å²) in [5, 5.41) is 0. The molecular formula is C24H19N5. The lowest BCUT2D eigenvalue weighted by Crippen LogP contribution is -2.04. The van der Waals surface area contributed by atoms with E-state index in [1.54, 1.807) is 6.33 Å². The van der Waals surface area contributed by atoms with Crippen LogP contribution in [0.15, 0.2) is 96.4 Å². The SMILES string of the molecule is C(=Nc1cccc(-c2cnc[nH]2)c1)c1nc2ccccc2n1Cc1ccccc1. The second-order valence-corrected chi connectivity index (χ2v) is 6.80. The highest BCUT2D eigenvalue weighted by atomic mass is 15.1. The van der Waals surface area contributed by atoms with Gasteiger partial charge in [0.25, 0.3) is 0 Å². The number of aliphatic imine (C=N–C) groups is 1. The molecule has 5 aromatic rings. The van der Waals surface area contributed by atoms with E-state index in [-0.39, 0.29) is 0 Å². The van der Waals surface area contributed by atoms with E-state index in [1.165, 1.54) is 5.56 Å². The van der Waals surface area contributed by atoms with Gasteiger partial charge in [0.05, 0.1) is 41.2 Å². The number of nitrogens with zero attached hydrogens (tertiary/aromatic N) is 4. The normalized spacial score (nSPS) is 11.4. The van der Waals surface area contributed by atoms with Gasteiger partial charge >= 0.3 is 0 Å². The molecule has 2 aromatic heterocycles. The van der Waals surface area contributed by atoms with E-state index in [2.05, 4.69) is 44.9 Å². The number of aromatic amines is 1. The zero-order valence-electron chi connectivity index (χ0n) is 15.7. The molecule has 1 N–H and O–H groups in total. The van der Waals surface area contributed by atoms with Crippen molar-refractivity contribution in [1.29, 1.82) is 0 Å². The lowest BCUT2D eigenvalue weighted by molar-refractivity contribution is 0.817. The van der Waals surface area contributed by atoms with Crippen molar-refractivity contribution in [3.63, 3.8) is 0 Å². The van der Waals surface area contributed by atoms with Gasteiger partial charge < -0.3 is 9.55 Å². The number of benzene rings is 3. The van der Waals surface area contributed by atoms with Gasteiger partial charge in [-0.15, -0.1) is 0 Å². The first-order chi connectivity index (χ1) is 14.4. The zero-order valence-corrected chi connectivity index (χ0v) is 15.7. The maximum absolute atomic E-state index is 4.79. The van der Waals surface area contributed by atoms with Gasteiger partial charge in [0.15, 0.2) is 5.82 Å². The highest BCUT2D eigenvalue weighted by Crippen LogP contribution is 2.23. The van der Waals surface area contributed by atoms with Crippen LogP contribution in [0.5, 0.6) is 0 Å². The molecule has 0 radical (unpaired) electrons. The van der Waals surface area contributed by atoms with Crippen LogP contribution in [-0.4, -0.2) is 25.7 Å². The molecule has 2 heterocycles. The third-order valence-corrected chi connectivity index (χ3v) is 4.85. The second-order valence-electron chi connectivity index (χ2n) is 6.80. The molecule has 0 amide bonds. The lowest BCUT2D eigenvalue weighted by Gasteiger charge is -2.07. The number of hydrogen-bond acceptors (Lipinski definition) is 3. The third-order valence-electron chi connectivity index (χ3n) is 4.85. The van der Waals surface area contributed by atoms with Crippen LogP contribution in [0, 0.1) is 0 Å². The van der Waals surface area contributed by atoms with Gasteiger partial charge in [-0.1, -0.05) is 54.6 Å². The minimum Gasteiger partial charge on any atom is -0.345 e. The number of hydrogen-bond donors (Lipinski definition) is 1. The molecule has 0 fully saturated rings.